The zero-order valence-electron chi connectivity index (χ0n) is 21.1. The summed E-state index contributed by atoms with van der Waals surface area (Å²) >= 11 is 0. The van der Waals surface area contributed by atoms with Gasteiger partial charge < -0.3 is 9.88 Å². The van der Waals surface area contributed by atoms with Crippen LogP contribution in [-0.2, 0) is 0 Å². The van der Waals surface area contributed by atoms with E-state index in [4.69, 9.17) is 0 Å². The number of hydrogen-bond donors (Lipinski definition) is 1. The molecule has 0 atom stereocenters. The Balaban J connectivity index is 1.20. The molecule has 0 aliphatic heterocycles. The van der Waals surface area contributed by atoms with Gasteiger partial charge in [0.15, 0.2) is 0 Å². The van der Waals surface area contributed by atoms with Crippen LogP contribution >= 0.6 is 0 Å². The predicted molar refractivity (Wildman–Crippen MR) is 162 cm³/mol. The van der Waals surface area contributed by atoms with Crippen molar-refractivity contribution in [1.82, 2.24) is 4.57 Å². The van der Waals surface area contributed by atoms with Crippen LogP contribution in [0.5, 0.6) is 0 Å². The monoisotopic (exact) mass is 488 g/mol. The van der Waals surface area contributed by atoms with E-state index < -0.39 is 0 Å². The first-order valence-electron chi connectivity index (χ1n) is 13.3. The number of anilines is 2. The first kappa shape index (κ1) is 22.4. The van der Waals surface area contributed by atoms with Crippen LogP contribution in [0.25, 0.3) is 44.2 Å². The van der Waals surface area contributed by atoms with Gasteiger partial charge in [-0.2, -0.15) is 0 Å². The molecule has 1 N–H and O–H groups in total. The van der Waals surface area contributed by atoms with Crippen LogP contribution in [0.1, 0.15) is 18.4 Å². The first-order chi connectivity index (χ1) is 18.8. The van der Waals surface area contributed by atoms with Crippen molar-refractivity contribution < 1.29 is 0 Å². The molecule has 1 aromatic heterocycles. The molecule has 1 aliphatic rings. The molecular formula is C36H28N2. The maximum absolute atomic E-state index is 3.58. The van der Waals surface area contributed by atoms with Crippen molar-refractivity contribution in [3.63, 3.8) is 0 Å². The Morgan fingerprint density at radius 1 is 0.526 bits per heavy atom. The fraction of sp³-hybridized carbons (Fsp3) is 0.0556. The normalized spacial score (nSPS) is 13.1. The zero-order chi connectivity index (χ0) is 25.3. The molecule has 0 fully saturated rings. The Labute approximate surface area is 223 Å². The minimum atomic E-state index is 1.08. The highest BCUT2D eigenvalue weighted by Gasteiger charge is 2.13. The summed E-state index contributed by atoms with van der Waals surface area (Å²) < 4.78 is 2.36. The first-order valence-corrected chi connectivity index (χ1v) is 13.3. The number of aromatic nitrogens is 1. The molecule has 0 bridgehead atoms. The average Bonchev–Trinajstić information content (AvgIpc) is 3.32. The highest BCUT2D eigenvalue weighted by Crippen LogP contribution is 2.35. The van der Waals surface area contributed by atoms with Gasteiger partial charge in [-0.1, -0.05) is 85.0 Å². The third kappa shape index (κ3) is 4.10. The molecule has 0 saturated carbocycles. The van der Waals surface area contributed by atoms with E-state index in [9.17, 15) is 0 Å². The summed E-state index contributed by atoms with van der Waals surface area (Å²) in [6.45, 7) is 0. The van der Waals surface area contributed by atoms with Crippen LogP contribution in [-0.4, -0.2) is 4.57 Å². The standard InChI is InChI=1S/C36H28N2/c1-3-10-26(11-4-1)28-12-9-13-31(24-28)37-30-21-18-27(19-22-30)29-20-23-36-34(25-29)33-16-7-8-17-35(33)38(36)32-14-5-2-6-15-32/h2-3,5-25,37H,1,4H2. The van der Waals surface area contributed by atoms with E-state index in [1.165, 1.54) is 49.8 Å². The number of hydrogen-bond acceptors (Lipinski definition) is 1. The lowest BCUT2D eigenvalue weighted by Gasteiger charge is -2.12. The maximum atomic E-state index is 3.58. The summed E-state index contributed by atoms with van der Waals surface area (Å²) in [7, 11) is 0. The minimum absolute atomic E-state index is 1.08. The van der Waals surface area contributed by atoms with E-state index in [1.807, 2.05) is 0 Å². The van der Waals surface area contributed by atoms with Gasteiger partial charge in [0, 0.05) is 27.8 Å². The van der Waals surface area contributed by atoms with Gasteiger partial charge in [0.05, 0.1) is 11.0 Å². The van der Waals surface area contributed by atoms with Crippen LogP contribution in [0, 0.1) is 0 Å². The molecule has 1 aliphatic carbocycles. The fourth-order valence-electron chi connectivity index (χ4n) is 5.52. The molecule has 2 nitrogen and oxygen atoms in total. The Kier molecular flexibility index (Phi) is 5.64. The van der Waals surface area contributed by atoms with Crippen molar-refractivity contribution in [2.24, 2.45) is 0 Å². The van der Waals surface area contributed by atoms with Crippen molar-refractivity contribution in [2.75, 3.05) is 5.32 Å². The second kappa shape index (κ2) is 9.57. The van der Waals surface area contributed by atoms with E-state index in [0.29, 0.717) is 0 Å². The molecule has 0 unspecified atom stereocenters. The van der Waals surface area contributed by atoms with Crippen LogP contribution in [0.2, 0.25) is 0 Å². The summed E-state index contributed by atoms with van der Waals surface area (Å²) in [5.74, 6) is 0. The smallest absolute Gasteiger partial charge is 0.0541 e. The van der Waals surface area contributed by atoms with Crippen molar-refractivity contribution in [3.8, 4) is 16.8 Å². The number of nitrogens with zero attached hydrogens (tertiary/aromatic N) is 1. The maximum Gasteiger partial charge on any atom is 0.0541 e. The summed E-state index contributed by atoms with van der Waals surface area (Å²) in [6.07, 6.45) is 9.05. The Hall–Kier alpha value is -4.82. The van der Waals surface area contributed by atoms with Gasteiger partial charge in [-0.05, 0) is 89.7 Å². The third-order valence-electron chi connectivity index (χ3n) is 7.38. The second-order valence-corrected chi connectivity index (χ2v) is 9.84. The van der Waals surface area contributed by atoms with Gasteiger partial charge in [-0.3, -0.25) is 0 Å². The number of benzene rings is 5. The molecule has 0 radical (unpaired) electrons. The van der Waals surface area contributed by atoms with E-state index in [0.717, 1.165) is 24.2 Å². The number of rotatable bonds is 5. The molecular weight excluding hydrogens is 460 g/mol. The molecule has 5 aromatic carbocycles. The zero-order valence-corrected chi connectivity index (χ0v) is 21.1. The number of allylic oxidation sites excluding steroid dienone is 4. The van der Waals surface area contributed by atoms with E-state index in [2.05, 4.69) is 149 Å². The van der Waals surface area contributed by atoms with E-state index in [-0.39, 0.29) is 0 Å². The van der Waals surface area contributed by atoms with Crippen molar-refractivity contribution >= 4 is 38.8 Å². The average molecular weight is 489 g/mol. The minimum Gasteiger partial charge on any atom is -0.356 e. The lowest BCUT2D eigenvalue weighted by Crippen LogP contribution is -1.93. The van der Waals surface area contributed by atoms with Crippen LogP contribution in [0.4, 0.5) is 11.4 Å². The molecule has 7 rings (SSSR count). The fourth-order valence-corrected chi connectivity index (χ4v) is 5.52. The van der Waals surface area contributed by atoms with E-state index >= 15 is 0 Å². The topological polar surface area (TPSA) is 17.0 Å². The van der Waals surface area contributed by atoms with Gasteiger partial charge in [-0.25, -0.2) is 0 Å². The lowest BCUT2D eigenvalue weighted by molar-refractivity contribution is 1.04. The van der Waals surface area contributed by atoms with Crippen LogP contribution in [0.3, 0.4) is 0 Å². The van der Waals surface area contributed by atoms with Gasteiger partial charge in [0.1, 0.15) is 0 Å². The molecule has 6 aromatic rings. The van der Waals surface area contributed by atoms with Gasteiger partial charge in [-0.15, -0.1) is 0 Å². The van der Waals surface area contributed by atoms with Gasteiger partial charge in [0.2, 0.25) is 0 Å². The third-order valence-corrected chi connectivity index (χ3v) is 7.38. The molecule has 0 amide bonds. The largest absolute Gasteiger partial charge is 0.356 e. The molecule has 0 spiro atoms. The van der Waals surface area contributed by atoms with E-state index in [1.54, 1.807) is 0 Å². The Morgan fingerprint density at radius 2 is 1.32 bits per heavy atom. The SMILES string of the molecule is C1=CC(c2cccc(Nc3ccc(-c4ccc5c(c4)c4ccccc4n5-c4ccccc4)cc3)c2)=CCC1. The lowest BCUT2D eigenvalue weighted by atomic mass is 9.99. The van der Waals surface area contributed by atoms with Gasteiger partial charge >= 0.3 is 0 Å². The molecule has 2 heteroatoms. The highest BCUT2D eigenvalue weighted by atomic mass is 15.0. The summed E-state index contributed by atoms with van der Waals surface area (Å²) in [5, 5.41) is 6.13. The van der Waals surface area contributed by atoms with Crippen LogP contribution in [0.15, 0.2) is 140 Å². The summed E-state index contributed by atoms with van der Waals surface area (Å²) in [5.41, 5.74) is 10.8. The number of fused-ring (bicyclic) bond motifs is 3. The molecule has 182 valence electrons. The molecule has 0 saturated heterocycles. The number of nitrogens with one attached hydrogen (secondary N) is 1. The quantitative estimate of drug-likeness (QED) is 0.255. The van der Waals surface area contributed by atoms with Crippen molar-refractivity contribution in [1.29, 1.82) is 0 Å². The second-order valence-electron chi connectivity index (χ2n) is 9.84. The van der Waals surface area contributed by atoms with Gasteiger partial charge in [0.25, 0.3) is 0 Å². The predicted octanol–water partition coefficient (Wildman–Crippen LogP) is 9.93. The van der Waals surface area contributed by atoms with Crippen LogP contribution < -0.4 is 5.32 Å². The van der Waals surface area contributed by atoms with Crippen molar-refractivity contribution in [2.45, 2.75) is 12.8 Å². The summed E-state index contributed by atoms with van der Waals surface area (Å²) in [6, 6.07) is 43.5. The molecule has 38 heavy (non-hydrogen) atoms. The van der Waals surface area contributed by atoms with Crippen molar-refractivity contribution in [3.05, 3.63) is 145 Å². The summed E-state index contributed by atoms with van der Waals surface area (Å²) in [4.78, 5) is 0. The highest BCUT2D eigenvalue weighted by molar-refractivity contribution is 6.10. The molecule has 1 heterocycles. The number of para-hydroxylation sites is 2. The Morgan fingerprint density at radius 3 is 2.16 bits per heavy atom. The Bertz CT molecular complexity index is 1820.